The van der Waals surface area contributed by atoms with Gasteiger partial charge >= 0.3 is 0 Å². The van der Waals surface area contributed by atoms with Crippen LogP contribution in [0.25, 0.3) is 11.1 Å². The summed E-state index contributed by atoms with van der Waals surface area (Å²) >= 11 is 1.62. The Kier molecular flexibility index (Phi) is 5.90. The fourth-order valence-electron chi connectivity index (χ4n) is 4.09. The minimum Gasteiger partial charge on any atom is -0.497 e. The number of fused-ring (bicyclic) bond motifs is 2. The quantitative estimate of drug-likeness (QED) is 0.854. The molecule has 6 heteroatoms. The predicted molar refractivity (Wildman–Crippen MR) is 109 cm³/mol. The third-order valence-corrected chi connectivity index (χ3v) is 6.46. The van der Waals surface area contributed by atoms with E-state index in [0.29, 0.717) is 12.1 Å². The minimum atomic E-state index is 0. The van der Waals surface area contributed by atoms with Gasteiger partial charge in [-0.05, 0) is 62.1 Å². The van der Waals surface area contributed by atoms with Gasteiger partial charge in [-0.15, -0.1) is 23.7 Å². The van der Waals surface area contributed by atoms with E-state index in [1.807, 2.05) is 12.1 Å². The Bertz CT molecular complexity index is 761. The molecule has 1 N–H and O–H groups in total. The lowest BCUT2D eigenvalue weighted by Crippen LogP contribution is -2.42. The van der Waals surface area contributed by atoms with Gasteiger partial charge in [0.2, 0.25) is 0 Å². The first-order chi connectivity index (χ1) is 12.2. The largest absolute Gasteiger partial charge is 0.497 e. The summed E-state index contributed by atoms with van der Waals surface area (Å²) in [5, 5.41) is 3.47. The van der Waals surface area contributed by atoms with Crippen LogP contribution in [0.2, 0.25) is 0 Å². The van der Waals surface area contributed by atoms with Crippen molar-refractivity contribution in [2.45, 2.75) is 38.3 Å². The summed E-state index contributed by atoms with van der Waals surface area (Å²) in [5.74, 6) is 1.06. The van der Waals surface area contributed by atoms with E-state index in [9.17, 15) is 4.79 Å². The number of amides is 1. The Hall–Kier alpha value is -1.56. The van der Waals surface area contributed by atoms with Crippen molar-refractivity contribution in [1.29, 1.82) is 0 Å². The number of benzene rings is 1. The van der Waals surface area contributed by atoms with Crippen LogP contribution in [0, 0.1) is 6.92 Å². The average molecular weight is 393 g/mol. The van der Waals surface area contributed by atoms with Crippen LogP contribution in [-0.2, 0) is 0 Å². The number of rotatable bonds is 3. The molecule has 3 heterocycles. The number of methoxy groups -OCH3 is 1. The summed E-state index contributed by atoms with van der Waals surface area (Å²) in [6.07, 6.45) is 3.34. The van der Waals surface area contributed by atoms with Crippen molar-refractivity contribution in [2.24, 2.45) is 0 Å². The van der Waals surface area contributed by atoms with E-state index in [-0.39, 0.29) is 18.3 Å². The first-order valence-electron chi connectivity index (χ1n) is 8.95. The van der Waals surface area contributed by atoms with Gasteiger partial charge in [0.25, 0.3) is 5.91 Å². The second kappa shape index (κ2) is 7.99. The normalized spacial score (nSPS) is 21.8. The van der Waals surface area contributed by atoms with Gasteiger partial charge in [-0.1, -0.05) is 12.1 Å². The molecule has 2 bridgehead atoms. The second-order valence-corrected chi connectivity index (χ2v) is 8.16. The van der Waals surface area contributed by atoms with Crippen LogP contribution in [0.1, 0.15) is 33.8 Å². The number of ether oxygens (including phenoxy) is 1. The van der Waals surface area contributed by atoms with Crippen LogP contribution in [-0.4, -0.2) is 43.1 Å². The van der Waals surface area contributed by atoms with Crippen LogP contribution in [0.4, 0.5) is 0 Å². The zero-order valence-corrected chi connectivity index (χ0v) is 16.8. The number of carbonyl (C=O) groups excluding carboxylic acids is 1. The highest BCUT2D eigenvalue weighted by Gasteiger charge is 2.38. The maximum absolute atomic E-state index is 13.2. The van der Waals surface area contributed by atoms with Crippen LogP contribution in [0.5, 0.6) is 5.75 Å². The summed E-state index contributed by atoms with van der Waals surface area (Å²) in [6.45, 7) is 4.04. The molecular formula is C20H25ClN2O2S. The molecule has 2 aliphatic heterocycles. The Labute approximate surface area is 165 Å². The van der Waals surface area contributed by atoms with Crippen molar-refractivity contribution < 1.29 is 9.53 Å². The molecule has 2 unspecified atom stereocenters. The number of nitrogens with one attached hydrogen (secondary N) is 1. The maximum atomic E-state index is 13.2. The standard InChI is InChI=1S/C20H24N2O2S.ClH/c1-13-18(14-3-7-17(24-2)8-4-14)11-19(25-13)20(23)22-15-5-6-16(22)12-21-10-9-15;/h3-4,7-8,11,15-16,21H,5-6,9-10,12H2,1-2H3;1H. The monoisotopic (exact) mass is 392 g/mol. The zero-order valence-electron chi connectivity index (χ0n) is 15.2. The predicted octanol–water partition coefficient (Wildman–Crippen LogP) is 4.12. The Morgan fingerprint density at radius 1 is 1.19 bits per heavy atom. The first kappa shape index (κ1) is 19.2. The van der Waals surface area contributed by atoms with Crippen LogP contribution in [0.15, 0.2) is 30.3 Å². The molecule has 140 valence electrons. The fourth-order valence-corrected chi connectivity index (χ4v) is 5.07. The highest BCUT2D eigenvalue weighted by molar-refractivity contribution is 7.14. The van der Waals surface area contributed by atoms with Gasteiger partial charge < -0.3 is 15.0 Å². The first-order valence-corrected chi connectivity index (χ1v) is 9.77. The maximum Gasteiger partial charge on any atom is 0.264 e. The molecule has 0 spiro atoms. The number of aryl methyl sites for hydroxylation is 1. The van der Waals surface area contributed by atoms with Crippen LogP contribution in [0.3, 0.4) is 0 Å². The van der Waals surface area contributed by atoms with Crippen LogP contribution >= 0.6 is 23.7 Å². The second-order valence-electron chi connectivity index (χ2n) is 6.90. The molecule has 2 fully saturated rings. The zero-order chi connectivity index (χ0) is 17.4. The third kappa shape index (κ3) is 3.48. The number of carbonyl (C=O) groups is 1. The van der Waals surface area contributed by atoms with E-state index in [4.69, 9.17) is 4.74 Å². The Morgan fingerprint density at radius 2 is 1.92 bits per heavy atom. The molecule has 0 radical (unpaired) electrons. The Balaban J connectivity index is 0.00000196. The topological polar surface area (TPSA) is 41.6 Å². The van der Waals surface area contributed by atoms with E-state index in [1.54, 1.807) is 18.4 Å². The summed E-state index contributed by atoms with van der Waals surface area (Å²) in [7, 11) is 1.67. The lowest BCUT2D eigenvalue weighted by atomic mass is 10.1. The van der Waals surface area contributed by atoms with E-state index >= 15 is 0 Å². The number of hydrogen-bond acceptors (Lipinski definition) is 4. The van der Waals surface area contributed by atoms with E-state index in [1.165, 1.54) is 4.88 Å². The van der Waals surface area contributed by atoms with E-state index < -0.39 is 0 Å². The molecular weight excluding hydrogens is 368 g/mol. The molecule has 0 saturated carbocycles. The van der Waals surface area contributed by atoms with Crippen molar-refractivity contribution in [1.82, 2.24) is 10.2 Å². The number of thiophene rings is 1. The van der Waals surface area contributed by atoms with Crippen molar-refractivity contribution in [3.05, 3.63) is 40.1 Å². The lowest BCUT2D eigenvalue weighted by molar-refractivity contribution is 0.0685. The van der Waals surface area contributed by atoms with Gasteiger partial charge in [0.05, 0.1) is 12.0 Å². The van der Waals surface area contributed by atoms with E-state index in [2.05, 4.69) is 35.3 Å². The molecule has 4 rings (SSSR count). The SMILES string of the molecule is COc1ccc(-c2cc(C(=O)N3C4CCNCC3CC4)sc2C)cc1.Cl. The smallest absolute Gasteiger partial charge is 0.264 e. The number of halogens is 1. The van der Waals surface area contributed by atoms with Gasteiger partial charge in [-0.3, -0.25) is 4.79 Å². The van der Waals surface area contributed by atoms with Crippen molar-refractivity contribution in [3.63, 3.8) is 0 Å². The van der Waals surface area contributed by atoms with Crippen LogP contribution < -0.4 is 10.1 Å². The highest BCUT2D eigenvalue weighted by Crippen LogP contribution is 2.35. The number of hydrogen-bond donors (Lipinski definition) is 1. The molecule has 1 aromatic carbocycles. The molecule has 2 saturated heterocycles. The van der Waals surface area contributed by atoms with Gasteiger partial charge in [0.15, 0.2) is 0 Å². The summed E-state index contributed by atoms with van der Waals surface area (Å²) in [6, 6.07) is 10.9. The molecule has 0 aliphatic carbocycles. The molecule has 26 heavy (non-hydrogen) atoms. The molecule has 1 amide bonds. The van der Waals surface area contributed by atoms with E-state index in [0.717, 1.165) is 54.1 Å². The van der Waals surface area contributed by atoms with Gasteiger partial charge in [-0.2, -0.15) is 0 Å². The average Bonchev–Trinajstić information content (AvgIpc) is 3.13. The molecule has 2 aromatic rings. The molecule has 1 aromatic heterocycles. The fraction of sp³-hybridized carbons (Fsp3) is 0.450. The lowest BCUT2D eigenvalue weighted by Gasteiger charge is -2.27. The summed E-state index contributed by atoms with van der Waals surface area (Å²) in [5.41, 5.74) is 2.28. The van der Waals surface area contributed by atoms with Crippen molar-refractivity contribution >= 4 is 29.7 Å². The van der Waals surface area contributed by atoms with Gasteiger partial charge in [0, 0.05) is 23.5 Å². The Morgan fingerprint density at radius 3 is 2.65 bits per heavy atom. The highest BCUT2D eigenvalue weighted by atomic mass is 35.5. The molecule has 2 atom stereocenters. The minimum absolute atomic E-state index is 0. The van der Waals surface area contributed by atoms with Crippen molar-refractivity contribution in [2.75, 3.05) is 20.2 Å². The van der Waals surface area contributed by atoms with Gasteiger partial charge in [0.1, 0.15) is 5.75 Å². The van der Waals surface area contributed by atoms with Crippen molar-refractivity contribution in [3.8, 4) is 16.9 Å². The summed E-state index contributed by atoms with van der Waals surface area (Å²) in [4.78, 5) is 17.4. The molecule has 4 nitrogen and oxygen atoms in total. The van der Waals surface area contributed by atoms with Gasteiger partial charge in [-0.25, -0.2) is 0 Å². The molecule has 2 aliphatic rings. The third-order valence-electron chi connectivity index (χ3n) is 5.42. The number of nitrogens with zero attached hydrogens (tertiary/aromatic N) is 1. The summed E-state index contributed by atoms with van der Waals surface area (Å²) < 4.78 is 5.24.